The number of amidine groups is 1. The molecule has 3 rings (SSSR count). The standard InChI is InChI=1S/C16H15N5/c17-15(18)13-4-1-3-12(9-13)11-21-8-7-20-16(21)14-5-2-6-19-10-14/h1-10H,11H2,(H3,17,18). The fourth-order valence-electron chi connectivity index (χ4n) is 2.23. The van der Waals surface area contributed by atoms with E-state index >= 15 is 0 Å². The van der Waals surface area contributed by atoms with E-state index in [0.717, 1.165) is 22.5 Å². The van der Waals surface area contributed by atoms with Crippen molar-refractivity contribution in [1.29, 1.82) is 5.41 Å². The molecule has 5 nitrogen and oxygen atoms in total. The lowest BCUT2D eigenvalue weighted by molar-refractivity contribution is 0.806. The van der Waals surface area contributed by atoms with Crippen molar-refractivity contribution in [2.24, 2.45) is 5.73 Å². The summed E-state index contributed by atoms with van der Waals surface area (Å²) in [7, 11) is 0. The van der Waals surface area contributed by atoms with Gasteiger partial charge in [-0.15, -0.1) is 0 Å². The van der Waals surface area contributed by atoms with Crippen molar-refractivity contribution >= 4 is 5.84 Å². The molecule has 0 aliphatic heterocycles. The summed E-state index contributed by atoms with van der Waals surface area (Å²) in [6.07, 6.45) is 7.25. The van der Waals surface area contributed by atoms with E-state index in [0.29, 0.717) is 6.54 Å². The molecule has 21 heavy (non-hydrogen) atoms. The summed E-state index contributed by atoms with van der Waals surface area (Å²) in [5, 5.41) is 7.51. The largest absolute Gasteiger partial charge is 0.384 e. The fourth-order valence-corrected chi connectivity index (χ4v) is 2.23. The van der Waals surface area contributed by atoms with Crippen molar-refractivity contribution in [3.63, 3.8) is 0 Å². The van der Waals surface area contributed by atoms with Crippen LogP contribution in [0.2, 0.25) is 0 Å². The number of hydrogen-bond acceptors (Lipinski definition) is 3. The molecule has 3 aromatic rings. The van der Waals surface area contributed by atoms with Crippen molar-refractivity contribution in [2.75, 3.05) is 0 Å². The molecular weight excluding hydrogens is 262 g/mol. The zero-order valence-corrected chi connectivity index (χ0v) is 11.4. The predicted octanol–water partition coefficient (Wildman–Crippen LogP) is 2.28. The Balaban J connectivity index is 1.92. The highest BCUT2D eigenvalue weighted by molar-refractivity contribution is 5.95. The Morgan fingerprint density at radius 2 is 2.10 bits per heavy atom. The maximum absolute atomic E-state index is 7.51. The molecule has 0 aliphatic carbocycles. The predicted molar refractivity (Wildman–Crippen MR) is 82.0 cm³/mol. The van der Waals surface area contributed by atoms with Gasteiger partial charge in [-0.3, -0.25) is 10.4 Å². The summed E-state index contributed by atoms with van der Waals surface area (Å²) in [4.78, 5) is 8.52. The van der Waals surface area contributed by atoms with E-state index in [-0.39, 0.29) is 5.84 Å². The van der Waals surface area contributed by atoms with Gasteiger partial charge in [-0.1, -0.05) is 18.2 Å². The van der Waals surface area contributed by atoms with Crippen LogP contribution in [0.15, 0.2) is 61.2 Å². The molecule has 1 aromatic carbocycles. The third kappa shape index (κ3) is 2.81. The number of imidazole rings is 1. The van der Waals surface area contributed by atoms with Crippen molar-refractivity contribution in [3.05, 3.63) is 72.3 Å². The molecule has 0 fully saturated rings. The van der Waals surface area contributed by atoms with Crippen LogP contribution in [0.25, 0.3) is 11.4 Å². The Hall–Kier alpha value is -2.95. The van der Waals surface area contributed by atoms with E-state index in [1.807, 2.05) is 42.6 Å². The first kappa shape index (κ1) is 13.1. The molecule has 0 radical (unpaired) electrons. The van der Waals surface area contributed by atoms with Gasteiger partial charge in [0.1, 0.15) is 11.7 Å². The number of nitrogens with two attached hydrogens (primary N) is 1. The lowest BCUT2D eigenvalue weighted by atomic mass is 10.1. The van der Waals surface area contributed by atoms with Crippen LogP contribution in [-0.4, -0.2) is 20.4 Å². The molecule has 2 heterocycles. The maximum Gasteiger partial charge on any atom is 0.141 e. The molecule has 0 bridgehead atoms. The van der Waals surface area contributed by atoms with Crippen molar-refractivity contribution < 1.29 is 0 Å². The van der Waals surface area contributed by atoms with Gasteiger partial charge in [0.05, 0.1) is 0 Å². The summed E-state index contributed by atoms with van der Waals surface area (Å²) >= 11 is 0. The van der Waals surface area contributed by atoms with Gasteiger partial charge in [-0.25, -0.2) is 4.98 Å². The summed E-state index contributed by atoms with van der Waals surface area (Å²) in [5.41, 5.74) is 8.32. The summed E-state index contributed by atoms with van der Waals surface area (Å²) in [5.74, 6) is 0.950. The van der Waals surface area contributed by atoms with Crippen LogP contribution in [0.3, 0.4) is 0 Å². The Morgan fingerprint density at radius 3 is 2.86 bits per heavy atom. The first-order valence-electron chi connectivity index (χ1n) is 6.59. The highest BCUT2D eigenvalue weighted by Gasteiger charge is 2.07. The number of benzene rings is 1. The van der Waals surface area contributed by atoms with Crippen molar-refractivity contribution in [1.82, 2.24) is 14.5 Å². The van der Waals surface area contributed by atoms with Gasteiger partial charge in [0.25, 0.3) is 0 Å². The molecule has 0 unspecified atom stereocenters. The van der Waals surface area contributed by atoms with E-state index in [4.69, 9.17) is 11.1 Å². The van der Waals surface area contributed by atoms with Crippen molar-refractivity contribution in [2.45, 2.75) is 6.54 Å². The van der Waals surface area contributed by atoms with Crippen LogP contribution in [0.1, 0.15) is 11.1 Å². The van der Waals surface area contributed by atoms with Crippen LogP contribution in [0.5, 0.6) is 0 Å². The zero-order valence-electron chi connectivity index (χ0n) is 11.4. The van der Waals surface area contributed by atoms with Gasteiger partial charge >= 0.3 is 0 Å². The second kappa shape index (κ2) is 5.58. The molecular formula is C16H15N5. The van der Waals surface area contributed by atoms with E-state index in [1.165, 1.54) is 0 Å². The third-order valence-electron chi connectivity index (χ3n) is 3.23. The molecule has 2 aromatic heterocycles. The first-order valence-corrected chi connectivity index (χ1v) is 6.59. The average Bonchev–Trinajstić information content (AvgIpc) is 2.96. The number of nitrogen functional groups attached to an aromatic ring is 1. The van der Waals surface area contributed by atoms with E-state index in [9.17, 15) is 0 Å². The molecule has 0 amide bonds. The second-order valence-corrected chi connectivity index (χ2v) is 4.73. The third-order valence-corrected chi connectivity index (χ3v) is 3.23. The number of aromatic nitrogens is 3. The quantitative estimate of drug-likeness (QED) is 0.567. The number of nitrogens with one attached hydrogen (secondary N) is 1. The molecule has 0 aliphatic rings. The normalized spacial score (nSPS) is 10.5. The molecule has 104 valence electrons. The maximum atomic E-state index is 7.51. The van der Waals surface area contributed by atoms with Crippen LogP contribution in [0.4, 0.5) is 0 Å². The van der Waals surface area contributed by atoms with E-state index in [1.54, 1.807) is 18.6 Å². The lowest BCUT2D eigenvalue weighted by Gasteiger charge is -2.09. The summed E-state index contributed by atoms with van der Waals surface area (Å²) in [6.45, 7) is 0.672. The van der Waals surface area contributed by atoms with E-state index in [2.05, 4.69) is 14.5 Å². The molecule has 5 heteroatoms. The number of hydrogen-bond donors (Lipinski definition) is 2. The fraction of sp³-hybridized carbons (Fsp3) is 0.0625. The smallest absolute Gasteiger partial charge is 0.141 e. The van der Waals surface area contributed by atoms with Crippen LogP contribution < -0.4 is 5.73 Å². The van der Waals surface area contributed by atoms with Crippen LogP contribution in [0, 0.1) is 5.41 Å². The van der Waals surface area contributed by atoms with Crippen LogP contribution >= 0.6 is 0 Å². The van der Waals surface area contributed by atoms with Gasteiger partial charge in [-0.05, 0) is 23.8 Å². The summed E-state index contributed by atoms with van der Waals surface area (Å²) < 4.78 is 2.05. The average molecular weight is 277 g/mol. The van der Waals surface area contributed by atoms with Gasteiger partial charge < -0.3 is 10.3 Å². The lowest BCUT2D eigenvalue weighted by Crippen LogP contribution is -2.11. The Labute approximate surface area is 122 Å². The Kier molecular flexibility index (Phi) is 3.47. The first-order chi connectivity index (χ1) is 10.2. The van der Waals surface area contributed by atoms with E-state index < -0.39 is 0 Å². The zero-order chi connectivity index (χ0) is 14.7. The minimum atomic E-state index is 0.0787. The highest BCUT2D eigenvalue weighted by Crippen LogP contribution is 2.17. The monoisotopic (exact) mass is 277 g/mol. The Bertz CT molecular complexity index is 761. The van der Waals surface area contributed by atoms with Crippen LogP contribution in [-0.2, 0) is 6.54 Å². The van der Waals surface area contributed by atoms with Gasteiger partial charge in [0.15, 0.2) is 0 Å². The van der Waals surface area contributed by atoms with Crippen molar-refractivity contribution in [3.8, 4) is 11.4 Å². The van der Waals surface area contributed by atoms with Gasteiger partial charge in [0.2, 0.25) is 0 Å². The molecule has 3 N–H and O–H groups in total. The SMILES string of the molecule is N=C(N)c1cccc(Cn2ccnc2-c2cccnc2)c1. The molecule has 0 spiro atoms. The topological polar surface area (TPSA) is 80.6 Å². The number of pyridine rings is 1. The Morgan fingerprint density at radius 1 is 1.19 bits per heavy atom. The highest BCUT2D eigenvalue weighted by atomic mass is 15.1. The number of nitrogens with zero attached hydrogens (tertiary/aromatic N) is 3. The minimum Gasteiger partial charge on any atom is -0.384 e. The number of rotatable bonds is 4. The molecule has 0 saturated carbocycles. The van der Waals surface area contributed by atoms with Gasteiger partial charge in [-0.2, -0.15) is 0 Å². The minimum absolute atomic E-state index is 0.0787. The molecule has 0 saturated heterocycles. The summed E-state index contributed by atoms with van der Waals surface area (Å²) in [6, 6.07) is 11.6. The van der Waals surface area contributed by atoms with Gasteiger partial charge in [0, 0.05) is 42.5 Å². The molecule has 0 atom stereocenters. The second-order valence-electron chi connectivity index (χ2n) is 4.73.